The molecule has 1 aromatic carbocycles. The Bertz CT molecular complexity index is 624. The van der Waals surface area contributed by atoms with Crippen molar-refractivity contribution in [2.45, 2.75) is 26.8 Å². The predicted molar refractivity (Wildman–Crippen MR) is 98.4 cm³/mol. The molecular formula is C19H26ClN3O2. The number of likely N-dealkylation sites (tertiary alicyclic amines) is 1. The van der Waals surface area contributed by atoms with E-state index >= 15 is 0 Å². The van der Waals surface area contributed by atoms with Crippen LogP contribution in [0.3, 0.4) is 0 Å². The van der Waals surface area contributed by atoms with Crippen LogP contribution >= 0.6 is 11.6 Å². The summed E-state index contributed by atoms with van der Waals surface area (Å²) in [7, 11) is 0. The van der Waals surface area contributed by atoms with Crippen LogP contribution < -0.4 is 0 Å². The van der Waals surface area contributed by atoms with Crippen molar-refractivity contribution < 1.29 is 9.59 Å². The molecule has 0 unspecified atom stereocenters. The van der Waals surface area contributed by atoms with Gasteiger partial charge in [0.1, 0.15) is 6.54 Å². The predicted octanol–water partition coefficient (Wildman–Crippen LogP) is 3.08. The molecule has 0 aromatic heterocycles. The molecule has 3 rings (SSSR count). The quantitative estimate of drug-likeness (QED) is 0.825. The summed E-state index contributed by atoms with van der Waals surface area (Å²) in [6, 6.07) is 7.47. The molecule has 0 aliphatic carbocycles. The molecule has 0 spiro atoms. The lowest BCUT2D eigenvalue weighted by Crippen LogP contribution is -2.47. The fraction of sp³-hybridized carbons (Fsp3) is 0.579. The first kappa shape index (κ1) is 18.1. The number of hydrogen-bond donors (Lipinski definition) is 0. The van der Waals surface area contributed by atoms with Gasteiger partial charge >= 0.3 is 6.03 Å². The highest BCUT2D eigenvalue weighted by molar-refractivity contribution is 6.30. The highest BCUT2D eigenvalue weighted by Gasteiger charge is 2.32. The zero-order valence-corrected chi connectivity index (χ0v) is 15.7. The lowest BCUT2D eigenvalue weighted by Gasteiger charge is -2.35. The molecule has 5 nitrogen and oxygen atoms in total. The van der Waals surface area contributed by atoms with Gasteiger partial charge in [-0.1, -0.05) is 37.6 Å². The zero-order valence-electron chi connectivity index (χ0n) is 14.9. The molecule has 2 heterocycles. The van der Waals surface area contributed by atoms with E-state index < -0.39 is 0 Å². The van der Waals surface area contributed by atoms with E-state index in [4.69, 9.17) is 11.6 Å². The van der Waals surface area contributed by atoms with E-state index in [0.717, 1.165) is 18.7 Å². The van der Waals surface area contributed by atoms with Gasteiger partial charge in [-0.3, -0.25) is 4.79 Å². The molecule has 0 N–H and O–H groups in total. The van der Waals surface area contributed by atoms with Crippen LogP contribution in [0.15, 0.2) is 24.3 Å². The number of urea groups is 1. The van der Waals surface area contributed by atoms with Gasteiger partial charge in [0.25, 0.3) is 0 Å². The second kappa shape index (κ2) is 7.65. The van der Waals surface area contributed by atoms with Crippen molar-refractivity contribution >= 4 is 23.5 Å². The van der Waals surface area contributed by atoms with Crippen LogP contribution in [-0.4, -0.2) is 59.4 Å². The monoisotopic (exact) mass is 363 g/mol. The van der Waals surface area contributed by atoms with Gasteiger partial charge in [-0.25, -0.2) is 4.79 Å². The first-order chi connectivity index (χ1) is 11.9. The first-order valence-corrected chi connectivity index (χ1v) is 9.36. The summed E-state index contributed by atoms with van der Waals surface area (Å²) in [5.41, 5.74) is 1.05. The molecule has 6 heteroatoms. The van der Waals surface area contributed by atoms with Crippen LogP contribution in [0, 0.1) is 11.8 Å². The van der Waals surface area contributed by atoms with Gasteiger partial charge in [-0.15, -0.1) is 0 Å². The number of halogens is 1. The molecule has 1 aromatic rings. The van der Waals surface area contributed by atoms with Crippen LogP contribution in [0.25, 0.3) is 0 Å². The van der Waals surface area contributed by atoms with E-state index in [9.17, 15) is 9.59 Å². The third-order valence-corrected chi connectivity index (χ3v) is 5.27. The summed E-state index contributed by atoms with van der Waals surface area (Å²) in [5.74, 6) is 1.13. The van der Waals surface area contributed by atoms with Crippen LogP contribution in [-0.2, 0) is 11.3 Å². The molecule has 3 amide bonds. The number of nitrogens with zero attached hydrogens (tertiary/aromatic N) is 3. The molecule has 0 saturated carbocycles. The molecule has 0 bridgehead atoms. The number of rotatable bonds is 4. The molecule has 2 atom stereocenters. The second-order valence-corrected chi connectivity index (χ2v) is 7.93. The smallest absolute Gasteiger partial charge is 0.320 e. The number of carbonyl (C=O) groups excluding carboxylic acids is 2. The van der Waals surface area contributed by atoms with Crippen LogP contribution in [0.2, 0.25) is 5.02 Å². The van der Waals surface area contributed by atoms with Crippen molar-refractivity contribution in [2.24, 2.45) is 11.8 Å². The van der Waals surface area contributed by atoms with Crippen molar-refractivity contribution in [2.75, 3.05) is 32.7 Å². The number of amides is 3. The van der Waals surface area contributed by atoms with E-state index in [2.05, 4.69) is 13.8 Å². The second-order valence-electron chi connectivity index (χ2n) is 7.50. The third kappa shape index (κ3) is 4.46. The highest BCUT2D eigenvalue weighted by Crippen LogP contribution is 2.22. The summed E-state index contributed by atoms with van der Waals surface area (Å²) in [6.07, 6.45) is 1.17. The maximum Gasteiger partial charge on any atom is 0.320 e. The SMILES string of the molecule is C[C@@H]1C[C@H](C)CN(C(=O)CN2CCN(Cc3ccc(Cl)cc3)C2=O)C1. The van der Waals surface area contributed by atoms with Crippen LogP contribution in [0.4, 0.5) is 4.79 Å². The van der Waals surface area contributed by atoms with E-state index in [-0.39, 0.29) is 18.5 Å². The van der Waals surface area contributed by atoms with E-state index in [0.29, 0.717) is 36.5 Å². The molecule has 25 heavy (non-hydrogen) atoms. The maximum absolute atomic E-state index is 12.6. The van der Waals surface area contributed by atoms with Crippen molar-refractivity contribution in [1.29, 1.82) is 0 Å². The van der Waals surface area contributed by atoms with Crippen LogP contribution in [0.1, 0.15) is 25.8 Å². The summed E-state index contributed by atoms with van der Waals surface area (Å²) < 4.78 is 0. The zero-order chi connectivity index (χ0) is 18.0. The lowest BCUT2D eigenvalue weighted by atomic mass is 9.92. The van der Waals surface area contributed by atoms with Crippen LogP contribution in [0.5, 0.6) is 0 Å². The number of benzene rings is 1. The van der Waals surface area contributed by atoms with Crippen molar-refractivity contribution in [3.05, 3.63) is 34.9 Å². The van der Waals surface area contributed by atoms with Crippen molar-refractivity contribution in [3.8, 4) is 0 Å². The summed E-state index contributed by atoms with van der Waals surface area (Å²) in [6.45, 7) is 7.99. The van der Waals surface area contributed by atoms with Gasteiger partial charge in [0.15, 0.2) is 0 Å². The Morgan fingerprint density at radius 2 is 1.68 bits per heavy atom. The summed E-state index contributed by atoms with van der Waals surface area (Å²) >= 11 is 5.90. The summed E-state index contributed by atoms with van der Waals surface area (Å²) in [4.78, 5) is 30.6. The number of piperidine rings is 1. The van der Waals surface area contributed by atoms with E-state index in [1.807, 2.05) is 29.2 Å². The summed E-state index contributed by atoms with van der Waals surface area (Å²) in [5, 5.41) is 0.689. The Morgan fingerprint density at radius 3 is 2.32 bits per heavy atom. The van der Waals surface area contributed by atoms with E-state index in [1.54, 1.807) is 9.80 Å². The number of hydrogen-bond acceptors (Lipinski definition) is 2. The molecule has 136 valence electrons. The standard InChI is InChI=1S/C19H26ClN3O2/c1-14-9-15(2)11-23(10-14)18(24)13-22-8-7-21(19(22)25)12-16-3-5-17(20)6-4-16/h3-6,14-15H,7-13H2,1-2H3/t14-,15+. The van der Waals surface area contributed by atoms with Gasteiger partial charge in [0.05, 0.1) is 0 Å². The highest BCUT2D eigenvalue weighted by atomic mass is 35.5. The third-order valence-electron chi connectivity index (χ3n) is 5.02. The molecular weight excluding hydrogens is 338 g/mol. The maximum atomic E-state index is 12.6. The lowest BCUT2D eigenvalue weighted by molar-refractivity contribution is -0.134. The average molecular weight is 364 g/mol. The fourth-order valence-corrected chi connectivity index (χ4v) is 3.99. The van der Waals surface area contributed by atoms with Gasteiger partial charge < -0.3 is 14.7 Å². The van der Waals surface area contributed by atoms with Crippen molar-refractivity contribution in [1.82, 2.24) is 14.7 Å². The average Bonchev–Trinajstić information content (AvgIpc) is 2.89. The Hall–Kier alpha value is -1.75. The normalized spacial score (nSPS) is 24.1. The van der Waals surface area contributed by atoms with Crippen molar-refractivity contribution in [3.63, 3.8) is 0 Å². The first-order valence-electron chi connectivity index (χ1n) is 8.98. The Labute approximate surface area is 154 Å². The van der Waals surface area contributed by atoms with Gasteiger partial charge in [-0.05, 0) is 36.0 Å². The molecule has 2 aliphatic heterocycles. The minimum atomic E-state index is -0.0543. The molecule has 2 saturated heterocycles. The molecule has 2 aliphatic rings. The number of carbonyl (C=O) groups is 2. The van der Waals surface area contributed by atoms with E-state index in [1.165, 1.54) is 6.42 Å². The topological polar surface area (TPSA) is 43.9 Å². The fourth-order valence-electron chi connectivity index (χ4n) is 3.87. The van der Waals surface area contributed by atoms with Gasteiger partial charge in [-0.2, -0.15) is 0 Å². The largest absolute Gasteiger partial charge is 0.341 e. The minimum absolute atomic E-state index is 0.0543. The minimum Gasteiger partial charge on any atom is -0.341 e. The molecule has 2 fully saturated rings. The molecule has 0 radical (unpaired) electrons. The van der Waals surface area contributed by atoms with Gasteiger partial charge in [0, 0.05) is 37.7 Å². The van der Waals surface area contributed by atoms with Gasteiger partial charge in [0.2, 0.25) is 5.91 Å². The Balaban J connectivity index is 1.54. The Kier molecular flexibility index (Phi) is 5.52. The Morgan fingerprint density at radius 1 is 1.08 bits per heavy atom.